The first-order chi connectivity index (χ1) is 11.1. The molecule has 0 bridgehead atoms. The molecule has 1 atom stereocenters. The number of ether oxygens (including phenoxy) is 1. The van der Waals surface area contributed by atoms with Crippen molar-refractivity contribution >= 4 is 5.91 Å². The number of hydrogen-bond donors (Lipinski definition) is 2. The first kappa shape index (κ1) is 17.9. The van der Waals surface area contributed by atoms with E-state index in [1.165, 1.54) is 6.07 Å². The highest BCUT2D eigenvalue weighted by Crippen LogP contribution is 2.28. The second-order valence-corrected chi connectivity index (χ2v) is 6.60. The van der Waals surface area contributed by atoms with Crippen molar-refractivity contribution in [1.29, 1.82) is 0 Å². The first-order valence-corrected chi connectivity index (χ1v) is 8.27. The average Bonchev–Trinajstić information content (AvgIpc) is 2.56. The second kappa shape index (κ2) is 8.41. The molecular formula is C18H27FN2O2. The molecule has 1 amide bonds. The molecule has 1 aromatic carbocycles. The summed E-state index contributed by atoms with van der Waals surface area (Å²) in [5, 5.41) is 6.39. The lowest BCUT2D eigenvalue weighted by molar-refractivity contribution is -0.125. The van der Waals surface area contributed by atoms with Gasteiger partial charge in [0.2, 0.25) is 5.91 Å². The summed E-state index contributed by atoms with van der Waals surface area (Å²) in [6.45, 7) is 5.00. The Balaban J connectivity index is 1.88. The van der Waals surface area contributed by atoms with E-state index in [0.717, 1.165) is 25.9 Å². The third-order valence-electron chi connectivity index (χ3n) is 4.68. The molecule has 4 nitrogen and oxygen atoms in total. The topological polar surface area (TPSA) is 50.4 Å². The fourth-order valence-electron chi connectivity index (χ4n) is 3.17. The minimum atomic E-state index is -0.256. The summed E-state index contributed by atoms with van der Waals surface area (Å²) in [4.78, 5) is 12.4. The minimum Gasteiger partial charge on any atom is -0.384 e. The maximum absolute atomic E-state index is 13.7. The van der Waals surface area contributed by atoms with Crippen LogP contribution in [0.15, 0.2) is 24.3 Å². The summed E-state index contributed by atoms with van der Waals surface area (Å²) in [6.07, 6.45) is 2.39. The van der Waals surface area contributed by atoms with Gasteiger partial charge in [0.05, 0.1) is 6.61 Å². The SMILES string of the molecule is COCC1(CNC(=O)C(C)Cc2ccccc2F)CCNCC1. The predicted octanol–water partition coefficient (Wildman–Crippen LogP) is 2.14. The molecule has 1 heterocycles. The molecule has 2 N–H and O–H groups in total. The van der Waals surface area contributed by atoms with Crippen LogP contribution in [0.2, 0.25) is 0 Å². The Morgan fingerprint density at radius 1 is 1.39 bits per heavy atom. The first-order valence-electron chi connectivity index (χ1n) is 8.27. The van der Waals surface area contributed by atoms with Crippen molar-refractivity contribution in [3.63, 3.8) is 0 Å². The standard InChI is InChI=1S/C18H27FN2O2/c1-14(11-15-5-3-4-6-16(15)19)17(22)21-12-18(13-23-2)7-9-20-10-8-18/h3-6,14,20H,7-13H2,1-2H3,(H,21,22). The van der Waals surface area contributed by atoms with Crippen LogP contribution in [0.4, 0.5) is 4.39 Å². The van der Waals surface area contributed by atoms with Crippen LogP contribution in [0.3, 0.4) is 0 Å². The minimum absolute atomic E-state index is 0.00732. The smallest absolute Gasteiger partial charge is 0.223 e. The molecule has 5 heteroatoms. The lowest BCUT2D eigenvalue weighted by Gasteiger charge is -2.37. The fraction of sp³-hybridized carbons (Fsp3) is 0.611. The van der Waals surface area contributed by atoms with Crippen LogP contribution in [0.1, 0.15) is 25.3 Å². The summed E-state index contributed by atoms with van der Waals surface area (Å²) in [5.41, 5.74) is 0.594. The Hall–Kier alpha value is -1.46. The van der Waals surface area contributed by atoms with E-state index in [9.17, 15) is 9.18 Å². The van der Waals surface area contributed by atoms with Crippen LogP contribution >= 0.6 is 0 Å². The molecule has 0 aromatic heterocycles. The molecule has 1 fully saturated rings. The van der Waals surface area contributed by atoms with Gasteiger partial charge in [-0.1, -0.05) is 25.1 Å². The summed E-state index contributed by atoms with van der Waals surface area (Å²) in [7, 11) is 1.70. The largest absolute Gasteiger partial charge is 0.384 e. The molecular weight excluding hydrogens is 295 g/mol. The van der Waals surface area contributed by atoms with E-state index >= 15 is 0 Å². The third-order valence-corrected chi connectivity index (χ3v) is 4.68. The quantitative estimate of drug-likeness (QED) is 0.809. The highest BCUT2D eigenvalue weighted by atomic mass is 19.1. The molecule has 128 valence electrons. The van der Waals surface area contributed by atoms with Crippen molar-refractivity contribution in [1.82, 2.24) is 10.6 Å². The predicted molar refractivity (Wildman–Crippen MR) is 88.7 cm³/mol. The number of piperidine rings is 1. The number of nitrogens with one attached hydrogen (secondary N) is 2. The molecule has 2 rings (SSSR count). The zero-order valence-corrected chi connectivity index (χ0v) is 14.0. The van der Waals surface area contributed by atoms with Gasteiger partial charge in [0.1, 0.15) is 5.82 Å². The molecule has 0 saturated carbocycles. The van der Waals surface area contributed by atoms with Gasteiger partial charge in [-0.05, 0) is 44.0 Å². The van der Waals surface area contributed by atoms with Gasteiger partial charge in [-0.25, -0.2) is 4.39 Å². The van der Waals surface area contributed by atoms with Crippen molar-refractivity contribution in [2.75, 3.05) is 33.4 Å². The number of benzene rings is 1. The van der Waals surface area contributed by atoms with Gasteiger partial charge in [-0.2, -0.15) is 0 Å². The number of carbonyl (C=O) groups excluding carboxylic acids is 1. The number of methoxy groups -OCH3 is 1. The molecule has 0 aliphatic carbocycles. The third kappa shape index (κ3) is 5.01. The Morgan fingerprint density at radius 3 is 2.74 bits per heavy atom. The Kier molecular flexibility index (Phi) is 6.54. The van der Waals surface area contributed by atoms with Crippen molar-refractivity contribution in [3.05, 3.63) is 35.6 Å². The van der Waals surface area contributed by atoms with Gasteiger partial charge in [0.25, 0.3) is 0 Å². The number of hydrogen-bond acceptors (Lipinski definition) is 3. The lowest BCUT2D eigenvalue weighted by atomic mass is 9.79. The zero-order chi connectivity index (χ0) is 16.7. The molecule has 0 radical (unpaired) electrons. The highest BCUT2D eigenvalue weighted by Gasteiger charge is 2.32. The maximum Gasteiger partial charge on any atom is 0.223 e. The van der Waals surface area contributed by atoms with E-state index in [1.807, 2.05) is 6.92 Å². The monoisotopic (exact) mass is 322 g/mol. The highest BCUT2D eigenvalue weighted by molar-refractivity contribution is 5.78. The van der Waals surface area contributed by atoms with Crippen molar-refractivity contribution in [3.8, 4) is 0 Å². The second-order valence-electron chi connectivity index (χ2n) is 6.60. The molecule has 1 unspecified atom stereocenters. The van der Waals surface area contributed by atoms with Crippen LogP contribution in [0.25, 0.3) is 0 Å². The Morgan fingerprint density at radius 2 is 2.09 bits per heavy atom. The van der Waals surface area contributed by atoms with Crippen molar-refractivity contribution in [2.45, 2.75) is 26.2 Å². The summed E-state index contributed by atoms with van der Waals surface area (Å²) in [6, 6.07) is 6.63. The number of rotatable bonds is 7. The molecule has 1 aliphatic rings. The summed E-state index contributed by atoms with van der Waals surface area (Å²) >= 11 is 0. The van der Waals surface area contributed by atoms with Gasteiger partial charge >= 0.3 is 0 Å². The number of halogens is 1. The van der Waals surface area contributed by atoms with Crippen LogP contribution in [0.5, 0.6) is 0 Å². The lowest BCUT2D eigenvalue weighted by Crippen LogP contribution is -2.48. The van der Waals surface area contributed by atoms with Crippen molar-refractivity contribution < 1.29 is 13.9 Å². The summed E-state index contributed by atoms with van der Waals surface area (Å²) < 4.78 is 19.1. The number of amides is 1. The normalized spacial score (nSPS) is 18.4. The van der Waals surface area contributed by atoms with Gasteiger partial charge < -0.3 is 15.4 Å². The number of carbonyl (C=O) groups is 1. The molecule has 1 aromatic rings. The van der Waals surface area contributed by atoms with Gasteiger partial charge in [-0.15, -0.1) is 0 Å². The zero-order valence-electron chi connectivity index (χ0n) is 14.0. The molecule has 23 heavy (non-hydrogen) atoms. The van der Waals surface area contributed by atoms with E-state index in [0.29, 0.717) is 25.1 Å². The van der Waals surface area contributed by atoms with Gasteiger partial charge in [0.15, 0.2) is 0 Å². The van der Waals surface area contributed by atoms with Gasteiger partial charge in [0, 0.05) is 25.0 Å². The molecule has 1 aliphatic heterocycles. The van der Waals surface area contributed by atoms with E-state index in [1.54, 1.807) is 25.3 Å². The van der Waals surface area contributed by atoms with E-state index in [4.69, 9.17) is 4.74 Å². The average molecular weight is 322 g/mol. The summed E-state index contributed by atoms with van der Waals surface area (Å²) in [5.74, 6) is -0.531. The van der Waals surface area contributed by atoms with Crippen LogP contribution in [-0.2, 0) is 16.0 Å². The fourth-order valence-corrected chi connectivity index (χ4v) is 3.17. The van der Waals surface area contributed by atoms with Crippen LogP contribution in [0, 0.1) is 17.2 Å². The van der Waals surface area contributed by atoms with E-state index < -0.39 is 0 Å². The Bertz CT molecular complexity index is 510. The molecule has 1 saturated heterocycles. The van der Waals surface area contributed by atoms with E-state index in [2.05, 4.69) is 10.6 Å². The maximum atomic E-state index is 13.7. The Labute approximate surface area is 137 Å². The molecule has 0 spiro atoms. The van der Waals surface area contributed by atoms with E-state index in [-0.39, 0.29) is 23.1 Å². The van der Waals surface area contributed by atoms with Crippen molar-refractivity contribution in [2.24, 2.45) is 11.3 Å². The van der Waals surface area contributed by atoms with Gasteiger partial charge in [-0.3, -0.25) is 4.79 Å². The van der Waals surface area contributed by atoms with Crippen LogP contribution < -0.4 is 10.6 Å². The van der Waals surface area contributed by atoms with Crippen LogP contribution in [-0.4, -0.2) is 39.3 Å².